The molecule has 0 saturated heterocycles. The van der Waals surface area contributed by atoms with E-state index >= 15 is 0 Å². The van der Waals surface area contributed by atoms with Gasteiger partial charge in [-0.25, -0.2) is 4.98 Å². The highest BCUT2D eigenvalue weighted by atomic mass is 32.1. The largest absolute Gasteiger partial charge is 0.298 e. The minimum absolute atomic E-state index is 0.107. The van der Waals surface area contributed by atoms with Gasteiger partial charge in [0.2, 0.25) is 5.91 Å². The van der Waals surface area contributed by atoms with Crippen LogP contribution in [0.2, 0.25) is 0 Å². The van der Waals surface area contributed by atoms with Crippen LogP contribution in [0.25, 0.3) is 0 Å². The molecule has 1 aliphatic rings. The predicted octanol–water partition coefficient (Wildman–Crippen LogP) is 2.54. The van der Waals surface area contributed by atoms with E-state index in [1.807, 2.05) is 12.3 Å². The number of hydrogen-bond donors (Lipinski definition) is 1. The number of amides is 1. The third kappa shape index (κ3) is 2.20. The maximum atomic E-state index is 11.2. The van der Waals surface area contributed by atoms with Gasteiger partial charge in [0.1, 0.15) is 0 Å². The van der Waals surface area contributed by atoms with Crippen LogP contribution < -0.4 is 5.32 Å². The normalized spacial score (nSPS) is 16.1. The lowest BCUT2D eigenvalue weighted by Gasteiger charge is -1.94. The van der Waals surface area contributed by atoms with Crippen molar-refractivity contribution in [2.75, 3.05) is 5.32 Å². The molecule has 0 aliphatic heterocycles. The van der Waals surface area contributed by atoms with E-state index in [0.29, 0.717) is 11.0 Å². The second-order valence-electron chi connectivity index (χ2n) is 3.34. The summed E-state index contributed by atoms with van der Waals surface area (Å²) >= 11 is 1.50. The molecular weight excluding hydrogens is 196 g/mol. The van der Waals surface area contributed by atoms with E-state index in [1.165, 1.54) is 30.3 Å². The minimum atomic E-state index is -0.107. The summed E-state index contributed by atoms with van der Waals surface area (Å²) in [5, 5.41) is 5.46. The van der Waals surface area contributed by atoms with Gasteiger partial charge < -0.3 is 0 Å². The maximum absolute atomic E-state index is 11.2. The van der Waals surface area contributed by atoms with Crippen molar-refractivity contribution >= 4 is 22.4 Å². The fourth-order valence-corrected chi connectivity index (χ4v) is 2.00. The molecule has 0 spiro atoms. The molecule has 1 N–H and O–H groups in total. The zero-order chi connectivity index (χ0) is 9.97. The molecule has 0 atom stereocenters. The molecule has 0 radical (unpaired) electrons. The van der Waals surface area contributed by atoms with Crippen LogP contribution in [0, 0.1) is 0 Å². The van der Waals surface area contributed by atoms with Crippen molar-refractivity contribution in [2.45, 2.75) is 25.7 Å². The van der Waals surface area contributed by atoms with E-state index in [0.717, 1.165) is 5.69 Å². The zero-order valence-corrected chi connectivity index (χ0v) is 8.80. The Balaban J connectivity index is 1.98. The average molecular weight is 208 g/mol. The van der Waals surface area contributed by atoms with Crippen molar-refractivity contribution < 1.29 is 4.79 Å². The summed E-state index contributed by atoms with van der Waals surface area (Å²) in [6.07, 6.45) is 5.70. The molecule has 14 heavy (non-hydrogen) atoms. The van der Waals surface area contributed by atoms with Crippen LogP contribution in [0.5, 0.6) is 0 Å². The number of rotatable bonds is 3. The molecule has 1 saturated carbocycles. The monoisotopic (exact) mass is 208 g/mol. The van der Waals surface area contributed by atoms with Crippen LogP contribution >= 0.6 is 11.3 Å². The molecule has 0 bridgehead atoms. The van der Waals surface area contributed by atoms with E-state index in [2.05, 4.69) is 10.3 Å². The third-order valence-electron chi connectivity index (χ3n) is 2.07. The van der Waals surface area contributed by atoms with E-state index in [1.54, 1.807) is 6.08 Å². The average Bonchev–Trinajstić information content (AvgIpc) is 2.89. The van der Waals surface area contributed by atoms with Gasteiger partial charge in [0, 0.05) is 11.3 Å². The van der Waals surface area contributed by atoms with Gasteiger partial charge in [-0.05, 0) is 25.8 Å². The fourth-order valence-electron chi connectivity index (χ4n) is 1.21. The van der Waals surface area contributed by atoms with E-state index in [4.69, 9.17) is 0 Å². The van der Waals surface area contributed by atoms with Crippen molar-refractivity contribution in [3.63, 3.8) is 0 Å². The summed E-state index contributed by atoms with van der Waals surface area (Å²) < 4.78 is 0. The first-order valence-corrected chi connectivity index (χ1v) is 5.56. The third-order valence-corrected chi connectivity index (χ3v) is 2.84. The summed E-state index contributed by atoms with van der Waals surface area (Å²) in [5.74, 6) is 0.544. The number of nitrogens with one attached hydrogen (secondary N) is 1. The molecule has 0 unspecified atom stereocenters. The Morgan fingerprint density at radius 1 is 1.71 bits per heavy atom. The Morgan fingerprint density at radius 2 is 2.50 bits per heavy atom. The molecule has 1 amide bonds. The highest BCUT2D eigenvalue weighted by Gasteiger charge is 2.26. The standard InChI is InChI=1S/C10H12N2OS/c1-2-3-9(13)12-10-11-8(6-14-10)7-4-5-7/h2-3,6-7H,4-5H2,1H3,(H,11,12,13). The van der Waals surface area contributed by atoms with Crippen molar-refractivity contribution in [2.24, 2.45) is 0 Å². The fraction of sp³-hybridized carbons (Fsp3) is 0.400. The summed E-state index contributed by atoms with van der Waals surface area (Å²) in [6, 6.07) is 0. The van der Waals surface area contributed by atoms with Crippen molar-refractivity contribution in [1.29, 1.82) is 0 Å². The van der Waals surface area contributed by atoms with Crippen LogP contribution in [0.15, 0.2) is 17.5 Å². The summed E-state index contributed by atoms with van der Waals surface area (Å²) in [5.41, 5.74) is 1.13. The molecule has 74 valence electrons. The SMILES string of the molecule is CC=CC(=O)Nc1nc(C2CC2)cs1. The second kappa shape index (κ2) is 3.92. The molecule has 2 rings (SSSR count). The Hall–Kier alpha value is -1.16. The van der Waals surface area contributed by atoms with Gasteiger partial charge >= 0.3 is 0 Å². The summed E-state index contributed by atoms with van der Waals surface area (Å²) in [7, 11) is 0. The molecule has 1 fully saturated rings. The Kier molecular flexibility index (Phi) is 2.63. The number of carbonyl (C=O) groups excluding carboxylic acids is 1. The van der Waals surface area contributed by atoms with E-state index in [9.17, 15) is 4.79 Å². The molecule has 1 aromatic rings. The lowest BCUT2D eigenvalue weighted by atomic mass is 10.3. The van der Waals surface area contributed by atoms with E-state index in [-0.39, 0.29) is 5.91 Å². The molecule has 3 nitrogen and oxygen atoms in total. The topological polar surface area (TPSA) is 42.0 Å². The van der Waals surface area contributed by atoms with Crippen LogP contribution in [0.3, 0.4) is 0 Å². The quantitative estimate of drug-likeness (QED) is 0.775. The highest BCUT2D eigenvalue weighted by molar-refractivity contribution is 7.14. The lowest BCUT2D eigenvalue weighted by molar-refractivity contribution is -0.111. The van der Waals surface area contributed by atoms with Gasteiger partial charge in [-0.3, -0.25) is 10.1 Å². The zero-order valence-electron chi connectivity index (χ0n) is 7.99. The smallest absolute Gasteiger partial charge is 0.249 e. The van der Waals surface area contributed by atoms with Crippen LogP contribution in [0.4, 0.5) is 5.13 Å². The number of carbonyl (C=O) groups is 1. The summed E-state index contributed by atoms with van der Waals surface area (Å²) in [4.78, 5) is 15.5. The first-order chi connectivity index (χ1) is 6.79. The number of anilines is 1. The first-order valence-electron chi connectivity index (χ1n) is 4.68. The Bertz CT molecular complexity index is 366. The number of thiazole rings is 1. The molecule has 1 heterocycles. The van der Waals surface area contributed by atoms with Crippen molar-refractivity contribution in [3.05, 3.63) is 23.2 Å². The molecule has 4 heteroatoms. The molecule has 1 aromatic heterocycles. The van der Waals surface area contributed by atoms with Crippen LogP contribution in [-0.4, -0.2) is 10.9 Å². The summed E-state index contributed by atoms with van der Waals surface area (Å²) in [6.45, 7) is 1.82. The number of nitrogens with zero attached hydrogens (tertiary/aromatic N) is 1. The first kappa shape index (κ1) is 9.40. The molecular formula is C10H12N2OS. The predicted molar refractivity (Wildman–Crippen MR) is 57.5 cm³/mol. The maximum Gasteiger partial charge on any atom is 0.249 e. The van der Waals surface area contributed by atoms with Crippen molar-refractivity contribution in [1.82, 2.24) is 4.98 Å². The number of hydrogen-bond acceptors (Lipinski definition) is 3. The van der Waals surface area contributed by atoms with Gasteiger partial charge in [-0.1, -0.05) is 6.08 Å². The molecule has 0 aromatic carbocycles. The number of allylic oxidation sites excluding steroid dienone is 1. The lowest BCUT2D eigenvalue weighted by Crippen LogP contribution is -2.07. The Labute approximate surface area is 86.9 Å². The Morgan fingerprint density at radius 3 is 3.14 bits per heavy atom. The minimum Gasteiger partial charge on any atom is -0.298 e. The van der Waals surface area contributed by atoms with Gasteiger partial charge in [-0.15, -0.1) is 11.3 Å². The van der Waals surface area contributed by atoms with Crippen LogP contribution in [0.1, 0.15) is 31.4 Å². The van der Waals surface area contributed by atoms with Gasteiger partial charge in [0.15, 0.2) is 5.13 Å². The number of aromatic nitrogens is 1. The van der Waals surface area contributed by atoms with Gasteiger partial charge in [0.05, 0.1) is 5.69 Å². The van der Waals surface area contributed by atoms with Gasteiger partial charge in [-0.2, -0.15) is 0 Å². The van der Waals surface area contributed by atoms with E-state index < -0.39 is 0 Å². The van der Waals surface area contributed by atoms with Crippen molar-refractivity contribution in [3.8, 4) is 0 Å². The van der Waals surface area contributed by atoms with Crippen LogP contribution in [-0.2, 0) is 4.79 Å². The van der Waals surface area contributed by atoms with Gasteiger partial charge in [0.25, 0.3) is 0 Å². The second-order valence-corrected chi connectivity index (χ2v) is 4.20. The highest BCUT2D eigenvalue weighted by Crippen LogP contribution is 2.40. The molecule has 1 aliphatic carbocycles.